The van der Waals surface area contributed by atoms with E-state index in [0.717, 1.165) is 5.56 Å². The number of methoxy groups -OCH3 is 1. The first-order valence-corrected chi connectivity index (χ1v) is 6.63. The second kappa shape index (κ2) is 6.91. The minimum atomic E-state index is -0.554. The van der Waals surface area contributed by atoms with Gasteiger partial charge in [0.1, 0.15) is 6.61 Å². The van der Waals surface area contributed by atoms with Crippen molar-refractivity contribution in [1.29, 1.82) is 0 Å². The molecule has 0 spiro atoms. The van der Waals surface area contributed by atoms with E-state index in [4.69, 9.17) is 16.3 Å². The monoisotopic (exact) mass is 321 g/mol. The molecule has 7 heteroatoms. The molecule has 0 radical (unpaired) electrons. The molecule has 0 saturated heterocycles. The van der Waals surface area contributed by atoms with Gasteiger partial charge in [-0.2, -0.15) is 0 Å². The summed E-state index contributed by atoms with van der Waals surface area (Å²) in [7, 11) is 1.30. The predicted octanol–water partition coefficient (Wildman–Crippen LogP) is 3.61. The standard InChI is InChI=1S/C15H12ClNO5/c1-21-15(18)11-4-2-10(3-5-11)9-22-14-7-6-12(16)8-13(14)17(19)20/h2-8H,9H2,1H3. The lowest BCUT2D eigenvalue weighted by Crippen LogP contribution is -2.02. The maximum absolute atomic E-state index is 11.3. The fourth-order valence-electron chi connectivity index (χ4n) is 1.77. The first-order chi connectivity index (χ1) is 10.5. The van der Waals surface area contributed by atoms with Gasteiger partial charge in [0.25, 0.3) is 0 Å². The number of halogens is 1. The molecular formula is C15H12ClNO5. The van der Waals surface area contributed by atoms with Crippen molar-refractivity contribution in [3.05, 3.63) is 68.7 Å². The van der Waals surface area contributed by atoms with E-state index in [-0.39, 0.29) is 23.1 Å². The van der Waals surface area contributed by atoms with Gasteiger partial charge in [-0.05, 0) is 29.8 Å². The third-order valence-electron chi connectivity index (χ3n) is 2.89. The van der Waals surface area contributed by atoms with Gasteiger partial charge in [0, 0.05) is 11.1 Å². The van der Waals surface area contributed by atoms with E-state index in [2.05, 4.69) is 4.74 Å². The molecule has 0 aliphatic heterocycles. The quantitative estimate of drug-likeness (QED) is 0.477. The van der Waals surface area contributed by atoms with Crippen LogP contribution in [0.1, 0.15) is 15.9 Å². The summed E-state index contributed by atoms with van der Waals surface area (Å²) in [6.07, 6.45) is 0. The number of carbonyl (C=O) groups excluding carboxylic acids is 1. The maximum Gasteiger partial charge on any atom is 0.337 e. The first-order valence-electron chi connectivity index (χ1n) is 6.25. The molecule has 6 nitrogen and oxygen atoms in total. The van der Waals surface area contributed by atoms with E-state index in [1.165, 1.54) is 25.3 Å². The molecule has 0 N–H and O–H groups in total. The Morgan fingerprint density at radius 3 is 2.50 bits per heavy atom. The van der Waals surface area contributed by atoms with Gasteiger partial charge >= 0.3 is 11.7 Å². The molecule has 2 aromatic rings. The van der Waals surface area contributed by atoms with Crippen molar-refractivity contribution in [2.24, 2.45) is 0 Å². The van der Waals surface area contributed by atoms with E-state index in [1.807, 2.05) is 0 Å². The molecule has 0 fully saturated rings. The molecule has 0 saturated carbocycles. The molecular weight excluding hydrogens is 310 g/mol. The Kier molecular flexibility index (Phi) is 4.95. The van der Waals surface area contributed by atoms with E-state index in [9.17, 15) is 14.9 Å². The van der Waals surface area contributed by atoms with Crippen molar-refractivity contribution >= 4 is 23.3 Å². The molecule has 0 atom stereocenters. The van der Waals surface area contributed by atoms with Crippen LogP contribution in [0.15, 0.2) is 42.5 Å². The normalized spacial score (nSPS) is 10.1. The lowest BCUT2D eigenvalue weighted by molar-refractivity contribution is -0.385. The van der Waals surface area contributed by atoms with Gasteiger partial charge < -0.3 is 9.47 Å². The van der Waals surface area contributed by atoms with Gasteiger partial charge in [-0.25, -0.2) is 4.79 Å². The Bertz CT molecular complexity index is 700. The molecule has 2 rings (SSSR count). The van der Waals surface area contributed by atoms with E-state index in [1.54, 1.807) is 24.3 Å². The summed E-state index contributed by atoms with van der Waals surface area (Å²) in [6, 6.07) is 10.8. The minimum absolute atomic E-state index is 0.129. The average molecular weight is 322 g/mol. The minimum Gasteiger partial charge on any atom is -0.482 e. The van der Waals surface area contributed by atoms with Crippen LogP contribution < -0.4 is 4.74 Å². The fourth-order valence-corrected chi connectivity index (χ4v) is 1.94. The Labute approximate surface area is 131 Å². The lowest BCUT2D eigenvalue weighted by atomic mass is 10.1. The molecule has 0 heterocycles. The Morgan fingerprint density at radius 1 is 1.23 bits per heavy atom. The number of hydrogen-bond acceptors (Lipinski definition) is 5. The second-order valence-electron chi connectivity index (χ2n) is 4.35. The topological polar surface area (TPSA) is 78.7 Å². The van der Waals surface area contributed by atoms with Crippen LogP contribution in [-0.4, -0.2) is 18.0 Å². The number of nitro groups is 1. The van der Waals surface area contributed by atoms with Crippen molar-refractivity contribution in [2.45, 2.75) is 6.61 Å². The summed E-state index contributed by atoms with van der Waals surface area (Å²) < 4.78 is 10.1. The van der Waals surface area contributed by atoms with Crippen LogP contribution in [0.2, 0.25) is 5.02 Å². The molecule has 0 aliphatic rings. The largest absolute Gasteiger partial charge is 0.482 e. The average Bonchev–Trinajstić information content (AvgIpc) is 2.53. The van der Waals surface area contributed by atoms with Crippen LogP contribution in [0, 0.1) is 10.1 Å². The third-order valence-corrected chi connectivity index (χ3v) is 3.12. The van der Waals surface area contributed by atoms with Crippen molar-refractivity contribution in [2.75, 3.05) is 7.11 Å². The van der Waals surface area contributed by atoms with Gasteiger partial charge in [0.15, 0.2) is 5.75 Å². The summed E-state index contributed by atoms with van der Waals surface area (Å²) in [6.45, 7) is 0.129. The Balaban J connectivity index is 2.10. The van der Waals surface area contributed by atoms with Crippen LogP contribution in [-0.2, 0) is 11.3 Å². The van der Waals surface area contributed by atoms with Crippen LogP contribution in [0.4, 0.5) is 5.69 Å². The first kappa shape index (κ1) is 15.8. The number of nitro benzene ring substituents is 1. The smallest absolute Gasteiger partial charge is 0.337 e. The highest BCUT2D eigenvalue weighted by Gasteiger charge is 2.15. The fraction of sp³-hybridized carbons (Fsp3) is 0.133. The van der Waals surface area contributed by atoms with Gasteiger partial charge in [-0.15, -0.1) is 0 Å². The van der Waals surface area contributed by atoms with Crippen LogP contribution >= 0.6 is 11.6 Å². The zero-order chi connectivity index (χ0) is 16.1. The van der Waals surface area contributed by atoms with E-state index < -0.39 is 10.9 Å². The molecule has 0 aliphatic carbocycles. The maximum atomic E-state index is 11.3. The number of nitrogens with zero attached hydrogens (tertiary/aromatic N) is 1. The number of rotatable bonds is 5. The lowest BCUT2D eigenvalue weighted by Gasteiger charge is -2.07. The summed E-state index contributed by atoms with van der Waals surface area (Å²) in [5.74, 6) is -0.299. The van der Waals surface area contributed by atoms with Gasteiger partial charge in [-0.1, -0.05) is 23.7 Å². The van der Waals surface area contributed by atoms with Gasteiger partial charge in [0.2, 0.25) is 0 Å². The Hall–Kier alpha value is -2.60. The molecule has 0 unspecified atom stereocenters. The van der Waals surface area contributed by atoms with E-state index >= 15 is 0 Å². The molecule has 22 heavy (non-hydrogen) atoms. The SMILES string of the molecule is COC(=O)c1ccc(COc2ccc(Cl)cc2[N+](=O)[O-])cc1. The van der Waals surface area contributed by atoms with Crippen molar-refractivity contribution < 1.29 is 19.2 Å². The molecule has 0 aromatic heterocycles. The van der Waals surface area contributed by atoms with Crippen molar-refractivity contribution in [1.82, 2.24) is 0 Å². The van der Waals surface area contributed by atoms with Crippen LogP contribution in [0.25, 0.3) is 0 Å². The number of hydrogen-bond donors (Lipinski definition) is 0. The molecule has 0 amide bonds. The summed E-state index contributed by atoms with van der Waals surface area (Å²) in [5, 5.41) is 11.2. The summed E-state index contributed by atoms with van der Waals surface area (Å²) in [5.41, 5.74) is 0.985. The second-order valence-corrected chi connectivity index (χ2v) is 4.78. The number of ether oxygens (including phenoxy) is 2. The number of esters is 1. The molecule has 114 valence electrons. The van der Waals surface area contributed by atoms with Crippen LogP contribution in [0.3, 0.4) is 0 Å². The number of carbonyl (C=O) groups is 1. The molecule has 2 aromatic carbocycles. The van der Waals surface area contributed by atoms with Gasteiger partial charge in [-0.3, -0.25) is 10.1 Å². The highest BCUT2D eigenvalue weighted by atomic mass is 35.5. The van der Waals surface area contributed by atoms with Crippen LogP contribution in [0.5, 0.6) is 5.75 Å². The highest BCUT2D eigenvalue weighted by Crippen LogP contribution is 2.30. The summed E-state index contributed by atoms with van der Waals surface area (Å²) in [4.78, 5) is 21.7. The molecule has 0 bridgehead atoms. The van der Waals surface area contributed by atoms with E-state index in [0.29, 0.717) is 5.56 Å². The third kappa shape index (κ3) is 3.73. The zero-order valence-corrected chi connectivity index (χ0v) is 12.4. The predicted molar refractivity (Wildman–Crippen MR) is 80.2 cm³/mol. The Morgan fingerprint density at radius 2 is 1.91 bits per heavy atom. The number of benzene rings is 2. The van der Waals surface area contributed by atoms with Gasteiger partial charge in [0.05, 0.1) is 17.6 Å². The highest BCUT2D eigenvalue weighted by molar-refractivity contribution is 6.30. The summed E-state index contributed by atoms with van der Waals surface area (Å²) >= 11 is 5.74. The van der Waals surface area contributed by atoms with Crippen molar-refractivity contribution in [3.63, 3.8) is 0 Å². The zero-order valence-electron chi connectivity index (χ0n) is 11.6. The van der Waals surface area contributed by atoms with Crippen molar-refractivity contribution in [3.8, 4) is 5.75 Å².